The van der Waals surface area contributed by atoms with Crippen molar-refractivity contribution in [3.63, 3.8) is 0 Å². The zero-order chi connectivity index (χ0) is 90.4. The minimum absolute atomic E-state index is 0. The molecule has 3 saturated heterocycles. The Morgan fingerprint density at radius 2 is 0.814 bits per heavy atom. The first-order valence-corrected chi connectivity index (χ1v) is 38.8. The molecular weight excluding hydrogens is 1620 g/mol. The fourth-order valence-electron chi connectivity index (χ4n) is 11.8. The molecule has 11 heterocycles. The van der Waals surface area contributed by atoms with E-state index in [-0.39, 0.29) is 43.1 Å². The number of ether oxygens (including phenoxy) is 1. The molecule has 1 N–H and O–H groups in total. The van der Waals surface area contributed by atoms with E-state index in [1.807, 2.05) is 62.3 Å². The van der Waals surface area contributed by atoms with Crippen molar-refractivity contribution < 1.29 is 36.5 Å². The molecule has 22 nitrogen and oxygen atoms in total. The summed E-state index contributed by atoms with van der Waals surface area (Å²) in [6, 6.07) is 28.6. The summed E-state index contributed by atoms with van der Waals surface area (Å²) in [4.78, 5) is 65.5. The summed E-state index contributed by atoms with van der Waals surface area (Å²) >= 11 is 0. The Morgan fingerprint density at radius 1 is 0.457 bits per heavy atom. The van der Waals surface area contributed by atoms with Gasteiger partial charge in [0.1, 0.15) is 60.3 Å². The third-order valence-electron chi connectivity index (χ3n) is 17.2. The van der Waals surface area contributed by atoms with Crippen LogP contribution in [0.4, 0.5) is 18.0 Å². The quantitative estimate of drug-likeness (QED) is 0.0882. The summed E-state index contributed by atoms with van der Waals surface area (Å²) in [6.07, 6.45) is 26.1. The van der Waals surface area contributed by atoms with Gasteiger partial charge in [0.2, 0.25) is 0 Å². The van der Waals surface area contributed by atoms with Gasteiger partial charge in [-0.1, -0.05) is 35.5 Å². The van der Waals surface area contributed by atoms with E-state index in [2.05, 4.69) is 286 Å². The largest absolute Gasteiger partial charge is 0.444 e. The van der Waals surface area contributed by atoms with Gasteiger partial charge in [-0.25, -0.2) is 62.8 Å². The van der Waals surface area contributed by atoms with Gasteiger partial charge in [-0.3, -0.25) is 9.69 Å². The molecule has 3 fully saturated rings. The number of hydrogen-bond donors (Lipinski definition) is 1. The summed E-state index contributed by atoms with van der Waals surface area (Å²) in [5, 5.41) is 10.7. The van der Waals surface area contributed by atoms with Crippen LogP contribution in [0.3, 0.4) is 0 Å². The second-order valence-electron chi connectivity index (χ2n) is 26.8. The van der Waals surface area contributed by atoms with Crippen molar-refractivity contribution in [2.45, 2.75) is 98.5 Å². The van der Waals surface area contributed by atoms with E-state index < -0.39 is 5.60 Å². The van der Waals surface area contributed by atoms with Crippen molar-refractivity contribution >= 4 is 12.4 Å². The van der Waals surface area contributed by atoms with Crippen LogP contribution in [0, 0.1) is 231 Å². The number of carbonyl (C=O) groups excluding carboxylic acids is 2. The van der Waals surface area contributed by atoms with Gasteiger partial charge in [0.05, 0.1) is 82.0 Å². The van der Waals surface area contributed by atoms with Gasteiger partial charge in [0.15, 0.2) is 6.29 Å². The SMILES string of the molecule is C.C#CC#CC#CC#CC#CC#CC#CC#CC#CC.CC#CC#CC#CC#CC#CC#CC#CC#CC#CC.CC(C)(C)OC(=O)N1CCC(n2cnc(-c3ccc(F)cc3)c2-c2ccncn2)C1.Fc1ccc(-c2ncn(C3CCN(Cc4ccon4)C3)c2-c2ccncn2)cc1.Fc1ccc(-c2ncn(C3CCNC3)c2-c2ccncn2)cc1.O=Cc1ccon1. The molecule has 3 aliphatic heterocycles. The Bertz CT molecular complexity index is 6830. The van der Waals surface area contributed by atoms with Crippen LogP contribution in [0.1, 0.15) is 103 Å². The molecule has 0 saturated carbocycles. The zero-order valence-corrected chi connectivity index (χ0v) is 70.0. The summed E-state index contributed by atoms with van der Waals surface area (Å²) in [7, 11) is 0. The molecule has 3 unspecified atom stereocenters. The minimum Gasteiger partial charge on any atom is -0.444 e. The molecule has 1 amide bonds. The van der Waals surface area contributed by atoms with Gasteiger partial charge in [0.25, 0.3) is 0 Å². The second kappa shape index (κ2) is 54.1. The predicted molar refractivity (Wildman–Crippen MR) is 486 cm³/mol. The van der Waals surface area contributed by atoms with Gasteiger partial charge >= 0.3 is 6.09 Å². The van der Waals surface area contributed by atoms with Gasteiger partial charge in [0, 0.05) is 98.8 Å². The molecule has 3 atom stereocenters. The summed E-state index contributed by atoms with van der Waals surface area (Å²) < 4.78 is 61.2. The average Bonchev–Trinajstić information content (AvgIpc) is 1.65. The van der Waals surface area contributed by atoms with Gasteiger partial charge in [-0.05, 0) is 348 Å². The molecule has 129 heavy (non-hydrogen) atoms. The van der Waals surface area contributed by atoms with Crippen LogP contribution < -0.4 is 5.32 Å². The molecule has 14 rings (SSSR count). The average molecular weight is 1700 g/mol. The second-order valence-corrected chi connectivity index (χ2v) is 26.8. The number of hydrogen-bond acceptors (Lipinski definition) is 18. The molecule has 8 aromatic heterocycles. The van der Waals surface area contributed by atoms with Crippen LogP contribution in [0.15, 0.2) is 181 Å². The third kappa shape index (κ3) is 32.5. The van der Waals surface area contributed by atoms with Gasteiger partial charge in [-0.2, -0.15) is 0 Å². The Hall–Kier alpha value is -18.3. The van der Waals surface area contributed by atoms with Crippen LogP contribution in [0.2, 0.25) is 0 Å². The zero-order valence-electron chi connectivity index (χ0n) is 70.0. The number of halogens is 3. The highest BCUT2D eigenvalue weighted by Gasteiger charge is 2.34. The number of likely N-dealkylation sites (tertiary alicyclic amines) is 2. The number of benzene rings is 3. The van der Waals surface area contributed by atoms with Crippen LogP contribution in [0.5, 0.6) is 0 Å². The highest BCUT2D eigenvalue weighted by molar-refractivity contribution is 5.79. The maximum absolute atomic E-state index is 13.4. The van der Waals surface area contributed by atoms with E-state index in [4.69, 9.17) is 15.7 Å². The fraction of sp³-hybridized carbons (Fsp3) is 0.202. The van der Waals surface area contributed by atoms with E-state index >= 15 is 0 Å². The van der Waals surface area contributed by atoms with Crippen LogP contribution in [-0.4, -0.2) is 136 Å². The molecule has 11 aromatic rings. The lowest BCUT2D eigenvalue weighted by Gasteiger charge is -2.24. The molecule has 0 radical (unpaired) electrons. The number of nitrogens with one attached hydrogen (secondary N) is 1. The Morgan fingerprint density at radius 3 is 1.12 bits per heavy atom. The monoisotopic (exact) mass is 1700 g/mol. The highest BCUT2D eigenvalue weighted by atomic mass is 19.1. The van der Waals surface area contributed by atoms with E-state index in [9.17, 15) is 22.8 Å². The molecule has 25 heteroatoms. The van der Waals surface area contributed by atoms with E-state index in [0.29, 0.717) is 36.8 Å². The molecule has 628 valence electrons. The first-order chi connectivity index (χ1) is 62.7. The van der Waals surface area contributed by atoms with Crippen LogP contribution in [0.25, 0.3) is 67.9 Å². The lowest BCUT2D eigenvalue weighted by Crippen LogP contribution is -2.35. The fourth-order valence-corrected chi connectivity index (χ4v) is 11.8. The van der Waals surface area contributed by atoms with Gasteiger partial charge < -0.3 is 37.7 Å². The molecule has 0 aliphatic carbocycles. The van der Waals surface area contributed by atoms with Crippen molar-refractivity contribution in [3.8, 4) is 282 Å². The number of nitrogens with zero attached hydrogens (tertiary/aromatic N) is 16. The minimum atomic E-state index is -0.536. The standard InChI is InChI=1S/C22H24FN5O2.C21H19FN6O.C20H6.C19H4.C17H16FN5.C4H3NO2.CH4/c1-22(2,3)30-21(29)27-11-9-17(12-27)28-14-26-19(15-4-6-16(23)7-5-15)20(28)18-8-10-24-13-25-18;22-16-3-1-15(2-4-16)20-21(19-5-8-23-13-24-19)28(14-25-20)18-6-9-27(12-18)11-17-7-10-29-26-17;1-3-5-7-9-11-13-15-17-19-20-18-16-14-12-10-8-6-4-2;1-3-5-7-9-11-13-15-17-19-18-16-14-12-10-8-6-4-2;18-13-3-1-12(2-4-13)16-17(15-6-8-20-10-21-15)23(11-22-16)14-5-7-19-9-14;6-3-4-1-2-7-5-4;/h4-8,10,13-14,17H,9,11-12H2,1-3H3;1-5,7-8,10,13-14,18H,6,9,11-12H2;1-2H3;1H,2H3;1-4,6,8,10-11,14,19H,5,7,9H2;1-3H;1H4. The van der Waals surface area contributed by atoms with Gasteiger partial charge in [-0.15, -0.1) is 6.42 Å². The lowest BCUT2D eigenvalue weighted by molar-refractivity contribution is 0.0289. The summed E-state index contributed by atoms with van der Waals surface area (Å²) in [5.41, 5.74) is 10.6. The summed E-state index contributed by atoms with van der Waals surface area (Å²) in [5.74, 6) is 86.7. The highest BCUT2D eigenvalue weighted by Crippen LogP contribution is 2.38. The van der Waals surface area contributed by atoms with Crippen molar-refractivity contribution in [2.24, 2.45) is 0 Å². The molecular formula is C104H76F3N17O5. The van der Waals surface area contributed by atoms with Crippen molar-refractivity contribution in [3.05, 3.63) is 201 Å². The first-order valence-electron chi connectivity index (χ1n) is 38.8. The smallest absolute Gasteiger partial charge is 0.410 e. The molecule has 3 aromatic carbocycles. The normalized spacial score (nSPS) is 12.5. The Balaban J connectivity index is 0.000000197. The number of terminal acetylenes is 1. The first kappa shape index (κ1) is 96.1. The van der Waals surface area contributed by atoms with Crippen molar-refractivity contribution in [1.82, 2.24) is 84.0 Å². The van der Waals surface area contributed by atoms with Crippen LogP contribution >= 0.6 is 0 Å². The lowest BCUT2D eigenvalue weighted by atomic mass is 10.1. The van der Waals surface area contributed by atoms with E-state index in [1.165, 1.54) is 67.7 Å². The molecule has 0 spiro atoms. The Labute approximate surface area is 749 Å². The third-order valence-corrected chi connectivity index (χ3v) is 17.2. The number of amides is 1. The summed E-state index contributed by atoms with van der Waals surface area (Å²) in [6.45, 7) is 16.3. The number of carbonyl (C=O) groups is 2. The number of imidazole rings is 3. The Kier molecular flexibility index (Phi) is 40.4. The van der Waals surface area contributed by atoms with E-state index in [1.54, 1.807) is 93.3 Å². The van der Waals surface area contributed by atoms with Crippen LogP contribution in [-0.2, 0) is 11.3 Å². The van der Waals surface area contributed by atoms with Crippen molar-refractivity contribution in [1.29, 1.82) is 0 Å². The molecule has 3 aliphatic rings. The predicted octanol–water partition coefficient (Wildman–Crippen LogP) is 13.4. The maximum Gasteiger partial charge on any atom is 0.410 e. The maximum atomic E-state index is 13.4. The number of aldehydes is 1. The number of aromatic nitrogens is 14. The van der Waals surface area contributed by atoms with Crippen molar-refractivity contribution in [2.75, 3.05) is 39.3 Å². The number of rotatable bonds is 12. The molecule has 0 bridgehead atoms. The topological polar surface area (TPSA) is 245 Å². The van der Waals surface area contributed by atoms with E-state index in [0.717, 1.165) is 120 Å².